The Labute approximate surface area is 157 Å². The molecular weight excluding hydrogens is 344 g/mol. The maximum absolute atomic E-state index is 12.8. The van der Waals surface area contributed by atoms with E-state index in [4.69, 9.17) is 9.15 Å². The monoisotopic (exact) mass is 364 g/mol. The van der Waals surface area contributed by atoms with Gasteiger partial charge in [0, 0.05) is 12.1 Å². The molecule has 0 aliphatic rings. The summed E-state index contributed by atoms with van der Waals surface area (Å²) in [5, 5.41) is 5.57. The second kappa shape index (κ2) is 8.71. The topological polar surface area (TPSA) is 80.6 Å². The minimum Gasteiger partial charge on any atom is -0.497 e. The zero-order valence-corrected chi connectivity index (χ0v) is 14.8. The first-order valence-electron chi connectivity index (χ1n) is 8.49. The van der Waals surface area contributed by atoms with Crippen molar-refractivity contribution in [3.05, 3.63) is 84.3 Å². The molecule has 0 unspecified atom stereocenters. The van der Waals surface area contributed by atoms with Crippen LogP contribution in [0.5, 0.6) is 5.75 Å². The van der Waals surface area contributed by atoms with Gasteiger partial charge in [-0.1, -0.05) is 30.3 Å². The number of methoxy groups -OCH3 is 1. The van der Waals surface area contributed by atoms with Gasteiger partial charge in [-0.3, -0.25) is 9.59 Å². The lowest BCUT2D eigenvalue weighted by Gasteiger charge is -2.18. The van der Waals surface area contributed by atoms with Crippen LogP contribution in [0.2, 0.25) is 0 Å². The fourth-order valence-electron chi connectivity index (χ4n) is 2.60. The van der Waals surface area contributed by atoms with Crippen molar-refractivity contribution in [3.63, 3.8) is 0 Å². The van der Waals surface area contributed by atoms with E-state index in [1.165, 1.54) is 6.26 Å². The third kappa shape index (κ3) is 4.98. The molecule has 1 aromatic heterocycles. The highest BCUT2D eigenvalue weighted by atomic mass is 16.5. The van der Waals surface area contributed by atoms with Crippen LogP contribution in [-0.2, 0) is 11.2 Å². The van der Waals surface area contributed by atoms with Gasteiger partial charge in [0.1, 0.15) is 11.8 Å². The van der Waals surface area contributed by atoms with Crippen LogP contribution in [0.3, 0.4) is 0 Å². The van der Waals surface area contributed by atoms with Crippen LogP contribution < -0.4 is 15.4 Å². The number of rotatable bonds is 7. The predicted molar refractivity (Wildman–Crippen MR) is 102 cm³/mol. The van der Waals surface area contributed by atoms with Crippen molar-refractivity contribution in [2.75, 3.05) is 12.4 Å². The minimum absolute atomic E-state index is 0.158. The van der Waals surface area contributed by atoms with Crippen LogP contribution in [0, 0.1) is 0 Å². The van der Waals surface area contributed by atoms with E-state index in [9.17, 15) is 9.59 Å². The standard InChI is InChI=1S/C21H20N2O4/c1-26-17-11-9-16(10-12-17)22-20(24)18(14-15-6-3-2-4-7-15)23-21(25)19-8-5-13-27-19/h2-13,18H,14H2,1H3,(H,22,24)(H,23,25)/t18-/m0/s1. The predicted octanol–water partition coefficient (Wildman–Crippen LogP) is 3.27. The van der Waals surface area contributed by atoms with E-state index in [-0.39, 0.29) is 11.7 Å². The molecule has 0 saturated carbocycles. The number of hydrogen-bond acceptors (Lipinski definition) is 4. The number of hydrogen-bond donors (Lipinski definition) is 2. The third-order valence-corrected chi connectivity index (χ3v) is 4.01. The normalized spacial score (nSPS) is 11.4. The summed E-state index contributed by atoms with van der Waals surface area (Å²) in [5.74, 6) is 0.0972. The molecule has 3 aromatic rings. The molecule has 0 bridgehead atoms. The molecule has 3 rings (SSSR count). The average Bonchev–Trinajstić information content (AvgIpc) is 3.24. The maximum Gasteiger partial charge on any atom is 0.287 e. The van der Waals surface area contributed by atoms with Gasteiger partial charge in [-0.05, 0) is 42.0 Å². The Morgan fingerprint density at radius 3 is 2.37 bits per heavy atom. The summed E-state index contributed by atoms with van der Waals surface area (Å²) in [5.41, 5.74) is 1.55. The first-order valence-corrected chi connectivity index (χ1v) is 8.49. The first kappa shape index (κ1) is 18.3. The Morgan fingerprint density at radius 1 is 1.00 bits per heavy atom. The lowest BCUT2D eigenvalue weighted by Crippen LogP contribution is -2.45. The van der Waals surface area contributed by atoms with Crippen molar-refractivity contribution >= 4 is 17.5 Å². The number of benzene rings is 2. The van der Waals surface area contributed by atoms with Crippen molar-refractivity contribution in [1.29, 1.82) is 0 Å². The van der Waals surface area contributed by atoms with Crippen LogP contribution in [0.25, 0.3) is 0 Å². The molecule has 0 aliphatic carbocycles. The van der Waals surface area contributed by atoms with Gasteiger partial charge in [0.15, 0.2) is 5.76 Å². The van der Waals surface area contributed by atoms with Gasteiger partial charge in [0.2, 0.25) is 5.91 Å². The Balaban J connectivity index is 1.74. The second-order valence-corrected chi connectivity index (χ2v) is 5.91. The number of furan rings is 1. The molecule has 0 aliphatic heterocycles. The van der Waals surface area contributed by atoms with Crippen molar-refractivity contribution in [2.24, 2.45) is 0 Å². The van der Waals surface area contributed by atoms with E-state index >= 15 is 0 Å². The highest BCUT2D eigenvalue weighted by Crippen LogP contribution is 2.16. The van der Waals surface area contributed by atoms with E-state index in [1.807, 2.05) is 30.3 Å². The van der Waals surface area contributed by atoms with E-state index < -0.39 is 11.9 Å². The molecule has 2 amide bonds. The summed E-state index contributed by atoms with van der Waals surface area (Å²) >= 11 is 0. The fourth-order valence-corrected chi connectivity index (χ4v) is 2.60. The number of ether oxygens (including phenoxy) is 1. The van der Waals surface area contributed by atoms with Crippen LogP contribution in [0.4, 0.5) is 5.69 Å². The van der Waals surface area contributed by atoms with Gasteiger partial charge >= 0.3 is 0 Å². The average molecular weight is 364 g/mol. The van der Waals surface area contributed by atoms with Crippen molar-refractivity contribution in [2.45, 2.75) is 12.5 Å². The molecule has 0 spiro atoms. The Morgan fingerprint density at radius 2 is 1.74 bits per heavy atom. The van der Waals surface area contributed by atoms with Crippen molar-refractivity contribution in [1.82, 2.24) is 5.32 Å². The van der Waals surface area contributed by atoms with Gasteiger partial charge in [0.25, 0.3) is 5.91 Å². The largest absolute Gasteiger partial charge is 0.497 e. The molecule has 1 atom stereocenters. The maximum atomic E-state index is 12.8. The Hall–Kier alpha value is -3.54. The molecule has 1 heterocycles. The van der Waals surface area contributed by atoms with Gasteiger partial charge < -0.3 is 19.8 Å². The van der Waals surface area contributed by atoms with Gasteiger partial charge in [-0.2, -0.15) is 0 Å². The lowest BCUT2D eigenvalue weighted by atomic mass is 10.0. The quantitative estimate of drug-likeness (QED) is 0.674. The van der Waals surface area contributed by atoms with E-state index in [0.29, 0.717) is 17.9 Å². The summed E-state index contributed by atoms with van der Waals surface area (Å²) in [7, 11) is 1.58. The van der Waals surface area contributed by atoms with Gasteiger partial charge in [-0.15, -0.1) is 0 Å². The summed E-state index contributed by atoms with van der Waals surface area (Å²) in [6, 6.07) is 18.9. The third-order valence-electron chi connectivity index (χ3n) is 4.01. The number of carbonyl (C=O) groups is 2. The molecule has 0 fully saturated rings. The Bertz CT molecular complexity index is 874. The molecule has 0 radical (unpaired) electrons. The zero-order valence-electron chi connectivity index (χ0n) is 14.8. The molecule has 6 heteroatoms. The van der Waals surface area contributed by atoms with Crippen LogP contribution in [0.15, 0.2) is 77.4 Å². The smallest absolute Gasteiger partial charge is 0.287 e. The van der Waals surface area contributed by atoms with E-state index in [2.05, 4.69) is 10.6 Å². The minimum atomic E-state index is -0.757. The highest BCUT2D eigenvalue weighted by molar-refractivity contribution is 6.00. The molecule has 2 N–H and O–H groups in total. The van der Waals surface area contributed by atoms with E-state index in [0.717, 1.165) is 5.56 Å². The number of nitrogens with one attached hydrogen (secondary N) is 2. The van der Waals surface area contributed by atoms with Gasteiger partial charge in [0.05, 0.1) is 13.4 Å². The molecule has 2 aromatic carbocycles. The van der Waals surface area contributed by atoms with Crippen LogP contribution >= 0.6 is 0 Å². The number of anilines is 1. The number of amides is 2. The molecule has 138 valence electrons. The summed E-state index contributed by atoms with van der Waals surface area (Å²) in [6.45, 7) is 0. The summed E-state index contributed by atoms with van der Waals surface area (Å²) in [4.78, 5) is 25.1. The van der Waals surface area contributed by atoms with Crippen LogP contribution in [-0.4, -0.2) is 25.0 Å². The second-order valence-electron chi connectivity index (χ2n) is 5.91. The first-order chi connectivity index (χ1) is 13.2. The Kier molecular flexibility index (Phi) is 5.89. The molecule has 6 nitrogen and oxygen atoms in total. The lowest BCUT2D eigenvalue weighted by molar-refractivity contribution is -0.118. The number of carbonyl (C=O) groups excluding carboxylic acids is 2. The van der Waals surface area contributed by atoms with Crippen LogP contribution in [0.1, 0.15) is 16.1 Å². The van der Waals surface area contributed by atoms with Crippen molar-refractivity contribution < 1.29 is 18.7 Å². The fraction of sp³-hybridized carbons (Fsp3) is 0.143. The van der Waals surface area contributed by atoms with Crippen molar-refractivity contribution in [3.8, 4) is 5.75 Å². The van der Waals surface area contributed by atoms with E-state index in [1.54, 1.807) is 43.5 Å². The molecular formula is C21H20N2O4. The summed E-state index contributed by atoms with van der Waals surface area (Å²) in [6.07, 6.45) is 1.77. The summed E-state index contributed by atoms with van der Waals surface area (Å²) < 4.78 is 10.2. The molecule has 0 saturated heterocycles. The zero-order chi connectivity index (χ0) is 19.1. The SMILES string of the molecule is COc1ccc(NC(=O)[C@H](Cc2ccccc2)NC(=O)c2ccco2)cc1. The molecule has 27 heavy (non-hydrogen) atoms. The highest BCUT2D eigenvalue weighted by Gasteiger charge is 2.23. The van der Waals surface area contributed by atoms with Gasteiger partial charge in [-0.25, -0.2) is 0 Å².